The molecular formula is C56H36N2S. The van der Waals surface area contributed by atoms with Crippen LogP contribution in [0, 0.1) is 0 Å². The first-order valence-electron chi connectivity index (χ1n) is 20.0. The monoisotopic (exact) mass is 768 g/mol. The van der Waals surface area contributed by atoms with Gasteiger partial charge in [0.2, 0.25) is 0 Å². The summed E-state index contributed by atoms with van der Waals surface area (Å²) in [6.07, 6.45) is 0. The third kappa shape index (κ3) is 6.58. The lowest BCUT2D eigenvalue weighted by Crippen LogP contribution is -1.98. The van der Waals surface area contributed by atoms with Crippen LogP contribution in [0.15, 0.2) is 218 Å². The van der Waals surface area contributed by atoms with Crippen LogP contribution < -0.4 is 0 Å². The summed E-state index contributed by atoms with van der Waals surface area (Å²) in [6, 6.07) is 78.2. The Kier molecular flexibility index (Phi) is 8.72. The van der Waals surface area contributed by atoms with E-state index in [9.17, 15) is 0 Å². The molecule has 0 aliphatic carbocycles. The molecule has 0 fully saturated rings. The molecule has 0 N–H and O–H groups in total. The van der Waals surface area contributed by atoms with Gasteiger partial charge in [-0.15, -0.1) is 11.3 Å². The van der Waals surface area contributed by atoms with Gasteiger partial charge in [-0.25, -0.2) is 9.97 Å². The summed E-state index contributed by atoms with van der Waals surface area (Å²) in [4.78, 5) is 10.7. The second-order valence-corrected chi connectivity index (χ2v) is 16.0. The predicted molar refractivity (Wildman–Crippen MR) is 250 cm³/mol. The van der Waals surface area contributed by atoms with Gasteiger partial charge >= 0.3 is 0 Å². The van der Waals surface area contributed by atoms with Crippen LogP contribution in [-0.4, -0.2) is 9.97 Å². The maximum atomic E-state index is 5.38. The van der Waals surface area contributed by atoms with E-state index in [-0.39, 0.29) is 0 Å². The predicted octanol–water partition coefficient (Wildman–Crippen LogP) is 15.7. The zero-order chi connectivity index (χ0) is 39.1. The van der Waals surface area contributed by atoms with Crippen molar-refractivity contribution >= 4 is 42.3 Å². The SMILES string of the molecule is c1ccc(-c2ccc(-c3cc(-c4cc(-c5ccc6ccccc6c5)cc(-c5cccc6c5sc5ccccc56)c4)nc(-c4ccccc4)n3)c(-c3ccccc3)c2)cc1. The molecule has 0 radical (unpaired) electrons. The number of benzene rings is 9. The van der Waals surface area contributed by atoms with Crippen LogP contribution in [0.4, 0.5) is 0 Å². The van der Waals surface area contributed by atoms with Gasteiger partial charge in [0.1, 0.15) is 0 Å². The van der Waals surface area contributed by atoms with Gasteiger partial charge < -0.3 is 0 Å². The summed E-state index contributed by atoms with van der Waals surface area (Å²) in [5, 5.41) is 5.01. The molecule has 0 unspecified atom stereocenters. The average molecular weight is 769 g/mol. The van der Waals surface area contributed by atoms with E-state index in [0.717, 1.165) is 61.5 Å². The van der Waals surface area contributed by atoms with E-state index in [1.807, 2.05) is 17.4 Å². The fourth-order valence-electron chi connectivity index (χ4n) is 8.32. The lowest BCUT2D eigenvalue weighted by molar-refractivity contribution is 1.18. The van der Waals surface area contributed by atoms with Gasteiger partial charge in [-0.2, -0.15) is 0 Å². The lowest BCUT2D eigenvalue weighted by atomic mass is 9.91. The largest absolute Gasteiger partial charge is 0.228 e. The molecule has 2 nitrogen and oxygen atoms in total. The normalized spacial score (nSPS) is 11.4. The molecule has 11 aromatic rings. The molecule has 9 aromatic carbocycles. The topological polar surface area (TPSA) is 25.8 Å². The highest BCUT2D eigenvalue weighted by atomic mass is 32.1. The molecule has 0 amide bonds. The van der Waals surface area contributed by atoms with Crippen LogP contribution in [0.25, 0.3) is 109 Å². The third-order valence-electron chi connectivity index (χ3n) is 11.3. The van der Waals surface area contributed by atoms with Gasteiger partial charge in [0, 0.05) is 36.9 Å². The molecule has 2 heterocycles. The fraction of sp³-hybridized carbons (Fsp3) is 0. The first-order chi connectivity index (χ1) is 29.2. The van der Waals surface area contributed by atoms with Crippen LogP contribution in [0.2, 0.25) is 0 Å². The molecule has 3 heteroatoms. The number of nitrogens with zero attached hydrogens (tertiary/aromatic N) is 2. The van der Waals surface area contributed by atoms with Gasteiger partial charge in [-0.1, -0.05) is 176 Å². The fourth-order valence-corrected chi connectivity index (χ4v) is 9.56. The average Bonchev–Trinajstić information content (AvgIpc) is 3.71. The molecule has 0 spiro atoms. The van der Waals surface area contributed by atoms with Crippen LogP contribution in [0.5, 0.6) is 0 Å². The summed E-state index contributed by atoms with van der Waals surface area (Å²) in [6.45, 7) is 0. The first-order valence-corrected chi connectivity index (χ1v) is 20.8. The lowest BCUT2D eigenvalue weighted by Gasteiger charge is -2.16. The Bertz CT molecular complexity index is 3310. The molecule has 2 aromatic heterocycles. The summed E-state index contributed by atoms with van der Waals surface area (Å²) < 4.78 is 2.58. The standard InChI is InChI=1S/C56H36N2S/c1-4-15-37(16-5-1)43-29-30-48(51(35-43)39-18-6-2-7-19-39)53-36-52(57-56(58-53)40-20-8-3-9-21-40)46-33-44(42-28-27-38-17-10-11-22-41(38)31-42)32-45(34-46)47-24-14-25-50-49-23-12-13-26-54(49)59-55(47)50/h1-36H. The van der Waals surface area contributed by atoms with Crippen molar-refractivity contribution in [3.8, 4) is 78.4 Å². The van der Waals surface area contributed by atoms with E-state index in [0.29, 0.717) is 5.82 Å². The minimum Gasteiger partial charge on any atom is -0.228 e. The second-order valence-electron chi connectivity index (χ2n) is 15.0. The Morgan fingerprint density at radius 1 is 0.288 bits per heavy atom. The Morgan fingerprint density at radius 2 is 0.898 bits per heavy atom. The molecule has 0 atom stereocenters. The molecule has 0 saturated carbocycles. The van der Waals surface area contributed by atoms with Gasteiger partial charge in [0.25, 0.3) is 0 Å². The van der Waals surface area contributed by atoms with Gasteiger partial charge in [0.15, 0.2) is 5.82 Å². The molecular weight excluding hydrogens is 733 g/mol. The highest BCUT2D eigenvalue weighted by molar-refractivity contribution is 7.26. The van der Waals surface area contributed by atoms with Gasteiger partial charge in [-0.05, 0) is 97.7 Å². The number of rotatable bonds is 7. The van der Waals surface area contributed by atoms with Crippen LogP contribution >= 0.6 is 11.3 Å². The number of hydrogen-bond donors (Lipinski definition) is 0. The maximum absolute atomic E-state index is 5.38. The Balaban J connectivity index is 1.16. The Morgan fingerprint density at radius 3 is 1.71 bits per heavy atom. The highest BCUT2D eigenvalue weighted by Gasteiger charge is 2.18. The minimum atomic E-state index is 0.688. The molecule has 0 saturated heterocycles. The van der Waals surface area contributed by atoms with Crippen LogP contribution in [0.3, 0.4) is 0 Å². The molecule has 276 valence electrons. The number of thiophene rings is 1. The van der Waals surface area contributed by atoms with Crippen LogP contribution in [0.1, 0.15) is 0 Å². The highest BCUT2D eigenvalue weighted by Crippen LogP contribution is 2.43. The Labute approximate surface area is 347 Å². The number of hydrogen-bond acceptors (Lipinski definition) is 3. The minimum absolute atomic E-state index is 0.688. The third-order valence-corrected chi connectivity index (χ3v) is 12.5. The van der Waals surface area contributed by atoms with Crippen molar-refractivity contribution in [3.63, 3.8) is 0 Å². The van der Waals surface area contributed by atoms with Gasteiger partial charge in [-0.3, -0.25) is 0 Å². The van der Waals surface area contributed by atoms with E-state index in [1.54, 1.807) is 0 Å². The van der Waals surface area contributed by atoms with Crippen molar-refractivity contribution in [2.75, 3.05) is 0 Å². The summed E-state index contributed by atoms with van der Waals surface area (Å²) in [5.74, 6) is 0.688. The molecule has 0 bridgehead atoms. The zero-order valence-electron chi connectivity index (χ0n) is 32.1. The van der Waals surface area contributed by atoms with E-state index in [2.05, 4.69) is 212 Å². The van der Waals surface area contributed by atoms with E-state index >= 15 is 0 Å². The molecule has 0 aliphatic heterocycles. The summed E-state index contributed by atoms with van der Waals surface area (Å²) >= 11 is 1.86. The first kappa shape index (κ1) is 34.8. The van der Waals surface area contributed by atoms with Crippen molar-refractivity contribution in [2.24, 2.45) is 0 Å². The maximum Gasteiger partial charge on any atom is 0.160 e. The van der Waals surface area contributed by atoms with Crippen molar-refractivity contribution in [3.05, 3.63) is 218 Å². The molecule has 59 heavy (non-hydrogen) atoms. The van der Waals surface area contributed by atoms with E-state index in [4.69, 9.17) is 9.97 Å². The summed E-state index contributed by atoms with van der Waals surface area (Å²) in [5.41, 5.74) is 14.1. The van der Waals surface area contributed by atoms with Crippen LogP contribution in [-0.2, 0) is 0 Å². The van der Waals surface area contributed by atoms with Crippen molar-refractivity contribution < 1.29 is 0 Å². The Hall–Kier alpha value is -7.46. The summed E-state index contributed by atoms with van der Waals surface area (Å²) in [7, 11) is 0. The number of fused-ring (bicyclic) bond motifs is 4. The van der Waals surface area contributed by atoms with E-state index < -0.39 is 0 Å². The van der Waals surface area contributed by atoms with E-state index in [1.165, 1.54) is 42.1 Å². The zero-order valence-corrected chi connectivity index (χ0v) is 32.9. The quantitative estimate of drug-likeness (QED) is 0.161. The number of aromatic nitrogens is 2. The molecule has 11 rings (SSSR count). The second kappa shape index (κ2) is 14.8. The van der Waals surface area contributed by atoms with Crippen molar-refractivity contribution in [2.45, 2.75) is 0 Å². The van der Waals surface area contributed by atoms with Crippen molar-refractivity contribution in [1.29, 1.82) is 0 Å². The van der Waals surface area contributed by atoms with Gasteiger partial charge in [0.05, 0.1) is 11.4 Å². The molecule has 0 aliphatic rings. The van der Waals surface area contributed by atoms with Crippen molar-refractivity contribution in [1.82, 2.24) is 9.97 Å². The smallest absolute Gasteiger partial charge is 0.160 e.